The number of hydrogen-bond donors (Lipinski definition) is 2. The zero-order valence-corrected chi connectivity index (χ0v) is 15.7. The Hall–Kier alpha value is -1.44. The lowest BCUT2D eigenvalue weighted by atomic mass is 10.1. The van der Waals surface area contributed by atoms with E-state index in [1.54, 1.807) is 6.07 Å². The number of sulfone groups is 1. The van der Waals surface area contributed by atoms with Crippen molar-refractivity contribution < 1.29 is 13.2 Å². The Morgan fingerprint density at radius 3 is 2.68 bits per heavy atom. The van der Waals surface area contributed by atoms with Gasteiger partial charge in [-0.1, -0.05) is 31.9 Å². The summed E-state index contributed by atoms with van der Waals surface area (Å²) < 4.78 is 23.0. The van der Waals surface area contributed by atoms with Crippen LogP contribution in [-0.2, 0) is 16.4 Å². The highest BCUT2D eigenvalue weighted by atomic mass is 32.2. The second-order valence-corrected chi connectivity index (χ2v) is 8.98. The van der Waals surface area contributed by atoms with Crippen LogP contribution in [-0.4, -0.2) is 56.4 Å². The Balaban J connectivity index is 1.94. The van der Waals surface area contributed by atoms with Crippen LogP contribution in [0.2, 0.25) is 0 Å². The second kappa shape index (κ2) is 9.31. The van der Waals surface area contributed by atoms with E-state index in [0.717, 1.165) is 24.8 Å². The number of rotatable bonds is 8. The maximum Gasteiger partial charge on any atom is 0.251 e. The third-order valence-electron chi connectivity index (χ3n) is 4.56. The van der Waals surface area contributed by atoms with Crippen molar-refractivity contribution in [1.82, 2.24) is 10.2 Å². The molecule has 1 fully saturated rings. The molecule has 1 aromatic carbocycles. The number of carbonyl (C=O) groups is 1. The fourth-order valence-electron chi connectivity index (χ4n) is 2.95. The van der Waals surface area contributed by atoms with Crippen LogP contribution in [0.4, 0.5) is 0 Å². The SMILES string of the molecule is CCCCC(CN)NC(=O)c1cccc(CN2CCS(=O)(=O)CC2)c1. The first kappa shape index (κ1) is 19.9. The lowest BCUT2D eigenvalue weighted by Gasteiger charge is -2.26. The Labute approximate surface area is 150 Å². The normalized spacial score (nSPS) is 18.6. The van der Waals surface area contributed by atoms with E-state index in [1.165, 1.54) is 0 Å². The van der Waals surface area contributed by atoms with Gasteiger partial charge in [-0.25, -0.2) is 8.42 Å². The maximum atomic E-state index is 12.4. The molecule has 0 saturated carbocycles. The van der Waals surface area contributed by atoms with Crippen molar-refractivity contribution in [2.24, 2.45) is 5.73 Å². The van der Waals surface area contributed by atoms with E-state index in [2.05, 4.69) is 17.1 Å². The molecule has 1 aliphatic heterocycles. The average Bonchev–Trinajstić information content (AvgIpc) is 2.60. The number of benzene rings is 1. The number of nitrogens with zero attached hydrogens (tertiary/aromatic N) is 1. The van der Waals surface area contributed by atoms with Crippen molar-refractivity contribution in [1.29, 1.82) is 0 Å². The topological polar surface area (TPSA) is 92.5 Å². The molecule has 0 aromatic heterocycles. The van der Waals surface area contributed by atoms with Gasteiger partial charge < -0.3 is 11.1 Å². The Bertz CT molecular complexity index is 662. The molecule has 3 N–H and O–H groups in total. The summed E-state index contributed by atoms with van der Waals surface area (Å²) in [5.74, 6) is 0.320. The van der Waals surface area contributed by atoms with Crippen LogP contribution in [0.3, 0.4) is 0 Å². The summed E-state index contributed by atoms with van der Waals surface area (Å²) in [7, 11) is -2.87. The molecule has 7 heteroatoms. The van der Waals surface area contributed by atoms with Crippen LogP contribution in [0.15, 0.2) is 24.3 Å². The number of amides is 1. The van der Waals surface area contributed by atoms with Crippen molar-refractivity contribution in [3.05, 3.63) is 35.4 Å². The van der Waals surface area contributed by atoms with Crippen LogP contribution in [0, 0.1) is 0 Å². The molecule has 0 aliphatic carbocycles. The molecule has 1 amide bonds. The number of hydrogen-bond acceptors (Lipinski definition) is 5. The van der Waals surface area contributed by atoms with Crippen molar-refractivity contribution >= 4 is 15.7 Å². The molecule has 0 bridgehead atoms. The molecule has 25 heavy (non-hydrogen) atoms. The number of carbonyl (C=O) groups excluding carboxylic acids is 1. The Morgan fingerprint density at radius 1 is 1.32 bits per heavy atom. The number of nitrogens with two attached hydrogens (primary N) is 1. The minimum atomic E-state index is -2.87. The van der Waals surface area contributed by atoms with Gasteiger partial charge in [0.25, 0.3) is 5.91 Å². The summed E-state index contributed by atoms with van der Waals surface area (Å²) in [4.78, 5) is 14.6. The molecule has 6 nitrogen and oxygen atoms in total. The van der Waals surface area contributed by atoms with Crippen LogP contribution in [0.1, 0.15) is 42.1 Å². The molecule has 0 spiro atoms. The smallest absolute Gasteiger partial charge is 0.251 e. The van der Waals surface area contributed by atoms with E-state index < -0.39 is 9.84 Å². The Kier molecular flexibility index (Phi) is 7.40. The first-order valence-electron chi connectivity index (χ1n) is 8.96. The van der Waals surface area contributed by atoms with Crippen LogP contribution in [0.5, 0.6) is 0 Å². The van der Waals surface area contributed by atoms with Gasteiger partial charge in [0.1, 0.15) is 0 Å². The van der Waals surface area contributed by atoms with Gasteiger partial charge in [0.2, 0.25) is 0 Å². The van der Waals surface area contributed by atoms with Gasteiger partial charge in [-0.2, -0.15) is 0 Å². The van der Waals surface area contributed by atoms with E-state index in [9.17, 15) is 13.2 Å². The lowest BCUT2D eigenvalue weighted by Crippen LogP contribution is -2.40. The third-order valence-corrected chi connectivity index (χ3v) is 6.17. The maximum absolute atomic E-state index is 12.4. The summed E-state index contributed by atoms with van der Waals surface area (Å²) in [5, 5.41) is 3.00. The van der Waals surface area contributed by atoms with Gasteiger partial charge in [0, 0.05) is 37.8 Å². The van der Waals surface area contributed by atoms with Gasteiger partial charge >= 0.3 is 0 Å². The molecule has 1 saturated heterocycles. The van der Waals surface area contributed by atoms with E-state index in [1.807, 2.05) is 18.2 Å². The summed E-state index contributed by atoms with van der Waals surface area (Å²) in [6, 6.07) is 7.52. The highest BCUT2D eigenvalue weighted by Gasteiger charge is 2.21. The average molecular weight is 368 g/mol. The van der Waals surface area contributed by atoms with Crippen molar-refractivity contribution in [2.45, 2.75) is 38.8 Å². The summed E-state index contributed by atoms with van der Waals surface area (Å²) in [6.07, 6.45) is 3.01. The summed E-state index contributed by atoms with van der Waals surface area (Å²) in [6.45, 7) is 4.31. The van der Waals surface area contributed by atoms with Crippen LogP contribution < -0.4 is 11.1 Å². The monoisotopic (exact) mass is 367 g/mol. The van der Waals surface area contributed by atoms with E-state index in [-0.39, 0.29) is 23.5 Å². The fraction of sp³-hybridized carbons (Fsp3) is 0.611. The van der Waals surface area contributed by atoms with E-state index >= 15 is 0 Å². The highest BCUT2D eigenvalue weighted by Crippen LogP contribution is 2.12. The molecule has 1 heterocycles. The Morgan fingerprint density at radius 2 is 2.04 bits per heavy atom. The van der Waals surface area contributed by atoms with Gasteiger partial charge in [-0.05, 0) is 24.1 Å². The molecule has 140 valence electrons. The summed E-state index contributed by atoms with van der Waals surface area (Å²) in [5.41, 5.74) is 7.39. The highest BCUT2D eigenvalue weighted by molar-refractivity contribution is 7.91. The predicted octanol–water partition coefficient (Wildman–Crippen LogP) is 1.16. The van der Waals surface area contributed by atoms with Gasteiger partial charge in [0.15, 0.2) is 9.84 Å². The van der Waals surface area contributed by atoms with Crippen LogP contribution >= 0.6 is 0 Å². The van der Waals surface area contributed by atoms with Crippen molar-refractivity contribution in [3.8, 4) is 0 Å². The molecule has 0 radical (unpaired) electrons. The van der Waals surface area contributed by atoms with Gasteiger partial charge in [0.05, 0.1) is 11.5 Å². The summed E-state index contributed by atoms with van der Waals surface area (Å²) >= 11 is 0. The molecule has 2 rings (SSSR count). The van der Waals surface area contributed by atoms with Gasteiger partial charge in [-0.3, -0.25) is 9.69 Å². The van der Waals surface area contributed by atoms with E-state index in [0.29, 0.717) is 31.7 Å². The van der Waals surface area contributed by atoms with Crippen molar-refractivity contribution in [3.63, 3.8) is 0 Å². The second-order valence-electron chi connectivity index (χ2n) is 6.68. The third kappa shape index (κ3) is 6.41. The first-order chi connectivity index (χ1) is 11.9. The van der Waals surface area contributed by atoms with Crippen LogP contribution in [0.25, 0.3) is 0 Å². The quantitative estimate of drug-likeness (QED) is 0.719. The zero-order chi connectivity index (χ0) is 18.3. The minimum Gasteiger partial charge on any atom is -0.348 e. The van der Waals surface area contributed by atoms with Gasteiger partial charge in [-0.15, -0.1) is 0 Å². The number of unbranched alkanes of at least 4 members (excludes halogenated alkanes) is 1. The molecule has 1 atom stereocenters. The standard InChI is InChI=1S/C18H29N3O3S/c1-2-3-7-17(13-19)20-18(22)16-6-4-5-15(12-16)14-21-8-10-25(23,24)11-9-21/h4-6,12,17H,2-3,7-11,13-14,19H2,1H3,(H,20,22). The minimum absolute atomic E-state index is 0.00315. The molecular weight excluding hydrogens is 338 g/mol. The number of nitrogens with one attached hydrogen (secondary N) is 1. The fourth-order valence-corrected chi connectivity index (χ4v) is 4.22. The first-order valence-corrected chi connectivity index (χ1v) is 10.8. The van der Waals surface area contributed by atoms with Crippen molar-refractivity contribution in [2.75, 3.05) is 31.1 Å². The predicted molar refractivity (Wildman–Crippen MR) is 100 cm³/mol. The largest absolute Gasteiger partial charge is 0.348 e. The molecule has 1 aliphatic rings. The molecule has 1 unspecified atom stereocenters. The molecular formula is C18H29N3O3S. The van der Waals surface area contributed by atoms with E-state index in [4.69, 9.17) is 5.73 Å². The lowest BCUT2D eigenvalue weighted by molar-refractivity contribution is 0.0935. The molecule has 1 aromatic rings. The zero-order valence-electron chi connectivity index (χ0n) is 14.9.